The van der Waals surface area contributed by atoms with Gasteiger partial charge in [0.25, 0.3) is 0 Å². The maximum absolute atomic E-state index is 5.77. The zero-order valence-corrected chi connectivity index (χ0v) is 11.7. The van der Waals surface area contributed by atoms with Gasteiger partial charge in [0.1, 0.15) is 11.6 Å². The Kier molecular flexibility index (Phi) is 6.25. The highest BCUT2D eigenvalue weighted by Gasteiger charge is 2.09. The molecule has 0 amide bonds. The number of hydrogen-bond acceptors (Lipinski definition) is 5. The van der Waals surface area contributed by atoms with Crippen LogP contribution in [0.1, 0.15) is 40.0 Å². The normalized spacial score (nSPS) is 10.4. The van der Waals surface area contributed by atoms with Gasteiger partial charge >= 0.3 is 0 Å². The van der Waals surface area contributed by atoms with Gasteiger partial charge in [-0.05, 0) is 19.3 Å². The number of rotatable bonds is 8. The molecule has 0 unspecified atom stereocenters. The summed E-state index contributed by atoms with van der Waals surface area (Å²) in [5.41, 5.74) is 5.77. The minimum absolute atomic E-state index is 0.336. The van der Waals surface area contributed by atoms with Crippen molar-refractivity contribution in [2.75, 3.05) is 35.6 Å². The molecule has 0 saturated heterocycles. The molecule has 1 heterocycles. The van der Waals surface area contributed by atoms with E-state index in [1.165, 1.54) is 0 Å². The van der Waals surface area contributed by atoms with Gasteiger partial charge < -0.3 is 16.0 Å². The molecule has 102 valence electrons. The van der Waals surface area contributed by atoms with Crippen LogP contribution in [0.5, 0.6) is 0 Å². The molecule has 1 aromatic heterocycles. The molecule has 0 saturated carbocycles. The molecule has 3 N–H and O–H groups in total. The van der Waals surface area contributed by atoms with E-state index < -0.39 is 0 Å². The molecular weight excluding hydrogens is 226 g/mol. The summed E-state index contributed by atoms with van der Waals surface area (Å²) < 4.78 is 0. The molecule has 18 heavy (non-hydrogen) atoms. The van der Waals surface area contributed by atoms with Gasteiger partial charge in [-0.3, -0.25) is 0 Å². The number of anilines is 3. The summed E-state index contributed by atoms with van der Waals surface area (Å²) >= 11 is 0. The van der Waals surface area contributed by atoms with Crippen molar-refractivity contribution in [2.45, 2.75) is 40.0 Å². The van der Waals surface area contributed by atoms with Crippen molar-refractivity contribution >= 4 is 17.6 Å². The molecule has 0 radical (unpaired) electrons. The third-order valence-corrected chi connectivity index (χ3v) is 2.60. The van der Waals surface area contributed by atoms with E-state index in [9.17, 15) is 0 Å². The quantitative estimate of drug-likeness (QED) is 0.743. The van der Waals surface area contributed by atoms with Crippen LogP contribution in [0.25, 0.3) is 0 Å². The monoisotopic (exact) mass is 251 g/mol. The predicted molar refractivity (Wildman–Crippen MR) is 78.0 cm³/mol. The maximum atomic E-state index is 5.77. The van der Waals surface area contributed by atoms with Crippen molar-refractivity contribution in [1.82, 2.24) is 9.97 Å². The Bertz CT molecular complexity index is 347. The van der Waals surface area contributed by atoms with E-state index in [4.69, 9.17) is 5.73 Å². The second-order valence-corrected chi connectivity index (χ2v) is 4.38. The maximum Gasteiger partial charge on any atom is 0.223 e. The standard InChI is InChI=1S/C13H25N5/c1-4-7-15-11-10-12(17-13(14)16-11)18(8-5-2)9-6-3/h10H,4-9H2,1-3H3,(H3,14,15,16,17). The Morgan fingerprint density at radius 2 is 1.78 bits per heavy atom. The van der Waals surface area contributed by atoms with Gasteiger partial charge in [-0.2, -0.15) is 9.97 Å². The first kappa shape index (κ1) is 14.5. The fourth-order valence-electron chi connectivity index (χ4n) is 1.84. The van der Waals surface area contributed by atoms with Crippen molar-refractivity contribution in [3.8, 4) is 0 Å². The summed E-state index contributed by atoms with van der Waals surface area (Å²) in [6.45, 7) is 9.36. The van der Waals surface area contributed by atoms with Gasteiger partial charge in [0.05, 0.1) is 0 Å². The summed E-state index contributed by atoms with van der Waals surface area (Å²) in [5, 5.41) is 3.26. The average molecular weight is 251 g/mol. The topological polar surface area (TPSA) is 67.1 Å². The van der Waals surface area contributed by atoms with Crippen LogP contribution in [0.3, 0.4) is 0 Å². The molecule has 5 nitrogen and oxygen atoms in total. The van der Waals surface area contributed by atoms with E-state index >= 15 is 0 Å². The molecule has 0 atom stereocenters. The molecule has 0 aromatic carbocycles. The van der Waals surface area contributed by atoms with E-state index in [1.54, 1.807) is 0 Å². The van der Waals surface area contributed by atoms with Crippen LogP contribution in [-0.2, 0) is 0 Å². The summed E-state index contributed by atoms with van der Waals surface area (Å²) in [6.07, 6.45) is 3.26. The largest absolute Gasteiger partial charge is 0.370 e. The fraction of sp³-hybridized carbons (Fsp3) is 0.692. The lowest BCUT2D eigenvalue weighted by molar-refractivity contribution is 0.733. The lowest BCUT2D eigenvalue weighted by atomic mass is 10.3. The highest BCUT2D eigenvalue weighted by atomic mass is 15.2. The number of aromatic nitrogens is 2. The number of nitrogens with one attached hydrogen (secondary N) is 1. The Labute approximate surface area is 110 Å². The second kappa shape index (κ2) is 7.74. The Balaban J connectivity index is 2.87. The SMILES string of the molecule is CCCNc1cc(N(CCC)CCC)nc(N)n1. The molecule has 5 heteroatoms. The minimum Gasteiger partial charge on any atom is -0.370 e. The zero-order chi connectivity index (χ0) is 13.4. The number of hydrogen-bond donors (Lipinski definition) is 2. The van der Waals surface area contributed by atoms with E-state index in [-0.39, 0.29) is 0 Å². The van der Waals surface area contributed by atoms with Crippen LogP contribution < -0.4 is 16.0 Å². The van der Waals surface area contributed by atoms with Gasteiger partial charge in [-0.25, -0.2) is 0 Å². The van der Waals surface area contributed by atoms with Gasteiger partial charge in [-0.1, -0.05) is 20.8 Å². The first-order chi connectivity index (χ1) is 8.71. The molecule has 1 aromatic rings. The summed E-state index contributed by atoms with van der Waals surface area (Å²) in [7, 11) is 0. The summed E-state index contributed by atoms with van der Waals surface area (Å²) in [6, 6.07) is 1.98. The van der Waals surface area contributed by atoms with Gasteiger partial charge in [0, 0.05) is 25.7 Å². The lowest BCUT2D eigenvalue weighted by Crippen LogP contribution is -2.26. The molecule has 0 bridgehead atoms. The number of nitrogens with two attached hydrogens (primary N) is 1. The number of nitrogens with zero attached hydrogens (tertiary/aromatic N) is 3. The third-order valence-electron chi connectivity index (χ3n) is 2.60. The predicted octanol–water partition coefficient (Wildman–Crippen LogP) is 2.51. The van der Waals surface area contributed by atoms with E-state index in [0.717, 1.165) is 50.5 Å². The first-order valence-corrected chi connectivity index (χ1v) is 6.84. The van der Waals surface area contributed by atoms with Crippen molar-refractivity contribution in [3.63, 3.8) is 0 Å². The van der Waals surface area contributed by atoms with Crippen LogP contribution in [0, 0.1) is 0 Å². The van der Waals surface area contributed by atoms with Gasteiger partial charge in [-0.15, -0.1) is 0 Å². The van der Waals surface area contributed by atoms with Crippen LogP contribution in [0.2, 0.25) is 0 Å². The smallest absolute Gasteiger partial charge is 0.223 e. The van der Waals surface area contributed by atoms with Gasteiger partial charge in [0.2, 0.25) is 5.95 Å². The van der Waals surface area contributed by atoms with Crippen molar-refractivity contribution in [2.24, 2.45) is 0 Å². The van der Waals surface area contributed by atoms with Crippen molar-refractivity contribution < 1.29 is 0 Å². The van der Waals surface area contributed by atoms with E-state index in [1.807, 2.05) is 6.07 Å². The summed E-state index contributed by atoms with van der Waals surface area (Å²) in [5.74, 6) is 2.07. The highest BCUT2D eigenvalue weighted by molar-refractivity contribution is 5.52. The molecule has 0 aliphatic carbocycles. The minimum atomic E-state index is 0.336. The average Bonchev–Trinajstić information content (AvgIpc) is 2.35. The third kappa shape index (κ3) is 4.39. The van der Waals surface area contributed by atoms with Gasteiger partial charge in [0.15, 0.2) is 0 Å². The Morgan fingerprint density at radius 3 is 2.33 bits per heavy atom. The highest BCUT2D eigenvalue weighted by Crippen LogP contribution is 2.17. The zero-order valence-electron chi connectivity index (χ0n) is 11.7. The molecule has 0 aliphatic heterocycles. The van der Waals surface area contributed by atoms with Crippen molar-refractivity contribution in [1.29, 1.82) is 0 Å². The van der Waals surface area contributed by atoms with E-state index in [0.29, 0.717) is 5.95 Å². The van der Waals surface area contributed by atoms with E-state index in [2.05, 4.69) is 41.0 Å². The van der Waals surface area contributed by atoms with Crippen molar-refractivity contribution in [3.05, 3.63) is 6.07 Å². The lowest BCUT2D eigenvalue weighted by Gasteiger charge is -2.23. The molecule has 0 aliphatic rings. The van der Waals surface area contributed by atoms with Crippen LogP contribution >= 0.6 is 0 Å². The Hall–Kier alpha value is -1.52. The molecule has 1 rings (SSSR count). The fourth-order valence-corrected chi connectivity index (χ4v) is 1.84. The molecular formula is C13H25N5. The summed E-state index contributed by atoms with van der Waals surface area (Å²) in [4.78, 5) is 10.8. The Morgan fingerprint density at radius 1 is 1.11 bits per heavy atom. The van der Waals surface area contributed by atoms with Crippen LogP contribution in [-0.4, -0.2) is 29.6 Å². The molecule has 0 spiro atoms. The molecule has 0 fully saturated rings. The van der Waals surface area contributed by atoms with Crippen LogP contribution in [0.4, 0.5) is 17.6 Å². The second-order valence-electron chi connectivity index (χ2n) is 4.38. The number of nitrogen functional groups attached to an aromatic ring is 1. The van der Waals surface area contributed by atoms with Crippen LogP contribution in [0.15, 0.2) is 6.07 Å². The first-order valence-electron chi connectivity index (χ1n) is 6.84.